The van der Waals surface area contributed by atoms with Crippen molar-refractivity contribution in [1.82, 2.24) is 15.1 Å². The molecule has 112 valence electrons. The molecule has 0 saturated carbocycles. The van der Waals surface area contributed by atoms with E-state index in [2.05, 4.69) is 10.4 Å². The molecule has 0 bridgehead atoms. The van der Waals surface area contributed by atoms with Gasteiger partial charge in [0.05, 0.1) is 11.4 Å². The fourth-order valence-corrected chi connectivity index (χ4v) is 2.68. The van der Waals surface area contributed by atoms with Crippen LogP contribution in [0.2, 0.25) is 0 Å². The van der Waals surface area contributed by atoms with Gasteiger partial charge in [0.25, 0.3) is 5.91 Å². The largest absolute Gasteiger partial charge is 0.327 e. The predicted octanol–water partition coefficient (Wildman–Crippen LogP) is 2.30. The quantitative estimate of drug-likeness (QED) is 0.683. The Labute approximate surface area is 134 Å². The number of benzene rings is 1. The summed E-state index contributed by atoms with van der Waals surface area (Å²) in [5.41, 5.74) is 4.07. The number of rotatable bonds is 2. The van der Waals surface area contributed by atoms with Crippen LogP contribution in [-0.4, -0.2) is 20.8 Å². The van der Waals surface area contributed by atoms with Crippen LogP contribution in [0.4, 0.5) is 5.69 Å². The van der Waals surface area contributed by atoms with Gasteiger partial charge in [0.2, 0.25) is 0 Å². The summed E-state index contributed by atoms with van der Waals surface area (Å²) in [7, 11) is 1.82. The standard InChI is InChI=1S/C16H16N4OS/c1-10-4-6-12(7-5-10)8-13-15(21)20(16(22)17-13)14-9-19(3)18-11(14)2/h4-9H,1-3H3,(H,17,22)/b13-8+. The molecule has 22 heavy (non-hydrogen) atoms. The molecule has 0 radical (unpaired) electrons. The lowest BCUT2D eigenvalue weighted by Crippen LogP contribution is -2.30. The first kappa shape index (κ1) is 14.5. The highest BCUT2D eigenvalue weighted by Crippen LogP contribution is 2.24. The molecule has 6 heteroatoms. The molecule has 0 unspecified atom stereocenters. The molecule has 0 atom stereocenters. The molecule has 1 fully saturated rings. The molecule has 1 saturated heterocycles. The molecule has 1 aromatic heterocycles. The summed E-state index contributed by atoms with van der Waals surface area (Å²) in [6.07, 6.45) is 3.59. The molecule has 1 amide bonds. The highest BCUT2D eigenvalue weighted by molar-refractivity contribution is 7.80. The van der Waals surface area contributed by atoms with Crippen molar-refractivity contribution < 1.29 is 4.79 Å². The second-order valence-corrected chi connectivity index (χ2v) is 5.70. The van der Waals surface area contributed by atoms with Gasteiger partial charge in [-0.15, -0.1) is 0 Å². The Morgan fingerprint density at radius 3 is 2.50 bits per heavy atom. The second-order valence-electron chi connectivity index (χ2n) is 5.31. The zero-order chi connectivity index (χ0) is 15.9. The molecule has 2 heterocycles. The van der Waals surface area contributed by atoms with Crippen LogP contribution in [0.15, 0.2) is 36.2 Å². The van der Waals surface area contributed by atoms with E-state index in [1.54, 1.807) is 17.0 Å². The molecular formula is C16H16N4OS. The lowest BCUT2D eigenvalue weighted by Gasteiger charge is -2.11. The lowest BCUT2D eigenvalue weighted by molar-refractivity contribution is -0.113. The van der Waals surface area contributed by atoms with Crippen molar-refractivity contribution in [3.8, 4) is 0 Å². The van der Waals surface area contributed by atoms with Crippen LogP contribution in [-0.2, 0) is 11.8 Å². The maximum atomic E-state index is 12.6. The van der Waals surface area contributed by atoms with Crippen molar-refractivity contribution in [1.29, 1.82) is 0 Å². The van der Waals surface area contributed by atoms with E-state index >= 15 is 0 Å². The minimum Gasteiger partial charge on any atom is -0.327 e. The first-order valence-corrected chi connectivity index (χ1v) is 7.30. The highest BCUT2D eigenvalue weighted by Gasteiger charge is 2.33. The normalized spacial score (nSPS) is 16.5. The van der Waals surface area contributed by atoms with E-state index in [1.807, 2.05) is 45.2 Å². The van der Waals surface area contributed by atoms with Crippen molar-refractivity contribution in [3.05, 3.63) is 53.0 Å². The monoisotopic (exact) mass is 312 g/mol. The summed E-state index contributed by atoms with van der Waals surface area (Å²) in [4.78, 5) is 14.1. The number of hydrogen-bond donors (Lipinski definition) is 1. The number of anilines is 1. The Balaban J connectivity index is 1.94. The summed E-state index contributed by atoms with van der Waals surface area (Å²) in [6.45, 7) is 3.88. The van der Waals surface area contributed by atoms with Crippen molar-refractivity contribution in [2.45, 2.75) is 13.8 Å². The van der Waals surface area contributed by atoms with Gasteiger partial charge in [-0.1, -0.05) is 29.8 Å². The minimum atomic E-state index is -0.165. The van der Waals surface area contributed by atoms with Crippen molar-refractivity contribution >= 4 is 35.0 Å². The number of nitrogens with zero attached hydrogens (tertiary/aromatic N) is 3. The van der Waals surface area contributed by atoms with Crippen LogP contribution in [0.5, 0.6) is 0 Å². The Bertz CT molecular complexity index is 789. The third kappa shape index (κ3) is 2.53. The maximum absolute atomic E-state index is 12.6. The van der Waals surface area contributed by atoms with Gasteiger partial charge in [-0.05, 0) is 37.7 Å². The van der Waals surface area contributed by atoms with Crippen LogP contribution in [0, 0.1) is 13.8 Å². The van der Waals surface area contributed by atoms with Gasteiger partial charge in [0, 0.05) is 13.2 Å². The number of amides is 1. The summed E-state index contributed by atoms with van der Waals surface area (Å²) < 4.78 is 1.67. The zero-order valence-corrected chi connectivity index (χ0v) is 13.4. The van der Waals surface area contributed by atoms with Crippen LogP contribution in [0.1, 0.15) is 16.8 Å². The van der Waals surface area contributed by atoms with E-state index in [1.165, 1.54) is 10.5 Å². The van der Waals surface area contributed by atoms with Crippen molar-refractivity contribution in [3.63, 3.8) is 0 Å². The first-order chi connectivity index (χ1) is 10.5. The molecule has 1 aliphatic heterocycles. The summed E-state index contributed by atoms with van der Waals surface area (Å²) in [5.74, 6) is -0.165. The molecule has 1 N–H and O–H groups in total. The van der Waals surface area contributed by atoms with Crippen LogP contribution in [0.3, 0.4) is 0 Å². The third-order valence-electron chi connectivity index (χ3n) is 3.49. The molecule has 1 aliphatic rings. The Hall–Kier alpha value is -2.47. The van der Waals surface area contributed by atoms with E-state index in [-0.39, 0.29) is 5.91 Å². The fourth-order valence-electron chi connectivity index (χ4n) is 2.39. The van der Waals surface area contributed by atoms with Crippen molar-refractivity contribution in [2.75, 3.05) is 4.90 Å². The maximum Gasteiger partial charge on any atom is 0.281 e. The van der Waals surface area contributed by atoms with Gasteiger partial charge < -0.3 is 5.32 Å². The molecule has 0 aliphatic carbocycles. The van der Waals surface area contributed by atoms with E-state index < -0.39 is 0 Å². The Morgan fingerprint density at radius 2 is 1.91 bits per heavy atom. The summed E-state index contributed by atoms with van der Waals surface area (Å²) >= 11 is 5.30. The topological polar surface area (TPSA) is 50.2 Å². The molecule has 1 aromatic carbocycles. The van der Waals surface area contributed by atoms with Gasteiger partial charge >= 0.3 is 0 Å². The predicted molar refractivity (Wildman–Crippen MR) is 90.3 cm³/mol. The van der Waals surface area contributed by atoms with Crippen LogP contribution < -0.4 is 10.2 Å². The van der Waals surface area contributed by atoms with E-state index in [9.17, 15) is 4.79 Å². The number of aromatic nitrogens is 2. The third-order valence-corrected chi connectivity index (χ3v) is 3.78. The SMILES string of the molecule is Cc1ccc(/C=C2/NC(=S)N(c3cn(C)nc3C)C2=O)cc1. The summed E-state index contributed by atoms with van der Waals surface area (Å²) in [5, 5.41) is 7.62. The van der Waals surface area contributed by atoms with Crippen LogP contribution in [0.25, 0.3) is 6.08 Å². The van der Waals surface area contributed by atoms with Gasteiger partial charge in [-0.3, -0.25) is 9.48 Å². The average Bonchev–Trinajstić information content (AvgIpc) is 2.92. The molecule has 3 rings (SSSR count). The summed E-state index contributed by atoms with van der Waals surface area (Å²) in [6, 6.07) is 7.96. The van der Waals surface area contributed by atoms with Gasteiger partial charge in [0.1, 0.15) is 5.70 Å². The second kappa shape index (κ2) is 5.38. The van der Waals surface area contributed by atoms with Gasteiger partial charge in [0.15, 0.2) is 5.11 Å². The number of nitrogens with one attached hydrogen (secondary N) is 1. The smallest absolute Gasteiger partial charge is 0.281 e. The van der Waals surface area contributed by atoms with Gasteiger partial charge in [-0.25, -0.2) is 4.90 Å². The van der Waals surface area contributed by atoms with E-state index in [0.717, 1.165) is 11.3 Å². The lowest BCUT2D eigenvalue weighted by atomic mass is 10.1. The van der Waals surface area contributed by atoms with Crippen LogP contribution >= 0.6 is 12.2 Å². The Morgan fingerprint density at radius 1 is 1.23 bits per heavy atom. The zero-order valence-electron chi connectivity index (χ0n) is 12.6. The number of hydrogen-bond acceptors (Lipinski definition) is 3. The number of thiocarbonyl (C=S) groups is 1. The molecular weight excluding hydrogens is 296 g/mol. The molecule has 0 spiro atoms. The molecule has 5 nitrogen and oxygen atoms in total. The fraction of sp³-hybridized carbons (Fsp3) is 0.188. The van der Waals surface area contributed by atoms with E-state index in [0.29, 0.717) is 16.5 Å². The van der Waals surface area contributed by atoms with Crippen molar-refractivity contribution in [2.24, 2.45) is 7.05 Å². The minimum absolute atomic E-state index is 0.165. The first-order valence-electron chi connectivity index (χ1n) is 6.90. The number of carbonyl (C=O) groups excluding carboxylic acids is 1. The number of aryl methyl sites for hydroxylation is 3. The van der Waals surface area contributed by atoms with Gasteiger partial charge in [-0.2, -0.15) is 5.10 Å². The Kier molecular flexibility index (Phi) is 3.54. The molecule has 2 aromatic rings. The van der Waals surface area contributed by atoms with E-state index in [4.69, 9.17) is 12.2 Å². The number of carbonyl (C=O) groups is 1. The highest BCUT2D eigenvalue weighted by atomic mass is 32.1. The average molecular weight is 312 g/mol.